The van der Waals surface area contributed by atoms with Gasteiger partial charge in [-0.05, 0) is 49.4 Å². The molecule has 2 aliphatic rings. The Kier molecular flexibility index (Phi) is 3.79. The standard InChI is InChI=1S/C15H26O2/c1-11(14(16)17-3)5-4-8-15(2)10-12-6-7-13(15)9-12/h11-13H,4-10H2,1-3H3. The SMILES string of the molecule is COC(=O)C(C)CCCC1(C)CC2CCC1C2. The third-order valence-corrected chi connectivity index (χ3v) is 5.27. The largest absolute Gasteiger partial charge is 0.469 e. The highest BCUT2D eigenvalue weighted by molar-refractivity contribution is 5.71. The third-order valence-electron chi connectivity index (χ3n) is 5.27. The van der Waals surface area contributed by atoms with Crippen molar-refractivity contribution < 1.29 is 9.53 Å². The lowest BCUT2D eigenvalue weighted by atomic mass is 9.71. The van der Waals surface area contributed by atoms with Gasteiger partial charge in [-0.25, -0.2) is 0 Å². The molecule has 2 saturated carbocycles. The van der Waals surface area contributed by atoms with Crippen LogP contribution in [0.15, 0.2) is 0 Å². The highest BCUT2D eigenvalue weighted by Crippen LogP contribution is 2.57. The summed E-state index contributed by atoms with van der Waals surface area (Å²) in [6.45, 7) is 4.45. The van der Waals surface area contributed by atoms with E-state index in [9.17, 15) is 4.79 Å². The lowest BCUT2D eigenvalue weighted by Gasteiger charge is -2.34. The number of hydrogen-bond acceptors (Lipinski definition) is 2. The fraction of sp³-hybridized carbons (Fsp3) is 0.933. The van der Waals surface area contributed by atoms with Gasteiger partial charge in [0.1, 0.15) is 0 Å². The number of hydrogen-bond donors (Lipinski definition) is 0. The van der Waals surface area contributed by atoms with Gasteiger partial charge in [0, 0.05) is 0 Å². The Hall–Kier alpha value is -0.530. The van der Waals surface area contributed by atoms with Gasteiger partial charge < -0.3 is 4.74 Å². The van der Waals surface area contributed by atoms with E-state index in [0.29, 0.717) is 5.41 Å². The first kappa shape index (κ1) is 12.9. The number of methoxy groups -OCH3 is 1. The molecule has 17 heavy (non-hydrogen) atoms. The molecule has 2 nitrogen and oxygen atoms in total. The van der Waals surface area contributed by atoms with Crippen molar-refractivity contribution in [1.29, 1.82) is 0 Å². The van der Waals surface area contributed by atoms with Gasteiger partial charge in [-0.1, -0.05) is 26.7 Å². The van der Waals surface area contributed by atoms with E-state index in [0.717, 1.165) is 18.3 Å². The number of carbonyl (C=O) groups excluding carboxylic acids is 1. The smallest absolute Gasteiger partial charge is 0.308 e. The van der Waals surface area contributed by atoms with Gasteiger partial charge in [-0.15, -0.1) is 0 Å². The fourth-order valence-corrected chi connectivity index (χ4v) is 4.16. The maximum absolute atomic E-state index is 11.3. The predicted molar refractivity (Wildman–Crippen MR) is 68.6 cm³/mol. The molecule has 0 saturated heterocycles. The topological polar surface area (TPSA) is 26.3 Å². The van der Waals surface area contributed by atoms with E-state index >= 15 is 0 Å². The normalized spacial score (nSPS) is 37.1. The molecule has 0 aliphatic heterocycles. The highest BCUT2D eigenvalue weighted by Gasteiger charge is 2.47. The average Bonchev–Trinajstić information content (AvgIpc) is 2.87. The van der Waals surface area contributed by atoms with Gasteiger partial charge in [0.05, 0.1) is 13.0 Å². The van der Waals surface area contributed by atoms with Crippen LogP contribution in [0.25, 0.3) is 0 Å². The number of rotatable bonds is 5. The van der Waals surface area contributed by atoms with Crippen LogP contribution in [0, 0.1) is 23.2 Å². The molecule has 2 heteroatoms. The van der Waals surface area contributed by atoms with E-state index < -0.39 is 0 Å². The fourth-order valence-electron chi connectivity index (χ4n) is 4.16. The van der Waals surface area contributed by atoms with Crippen molar-refractivity contribution in [2.45, 2.75) is 58.8 Å². The molecule has 0 aromatic heterocycles. The van der Waals surface area contributed by atoms with Gasteiger partial charge in [-0.2, -0.15) is 0 Å². The summed E-state index contributed by atoms with van der Waals surface area (Å²) in [4.78, 5) is 11.3. The lowest BCUT2D eigenvalue weighted by molar-refractivity contribution is -0.145. The zero-order valence-corrected chi connectivity index (χ0v) is 11.5. The Labute approximate surface area is 105 Å². The number of ether oxygens (including phenoxy) is 1. The zero-order valence-electron chi connectivity index (χ0n) is 11.5. The van der Waals surface area contributed by atoms with Gasteiger partial charge in [0.25, 0.3) is 0 Å². The van der Waals surface area contributed by atoms with Gasteiger partial charge in [-0.3, -0.25) is 4.79 Å². The van der Waals surface area contributed by atoms with Crippen LogP contribution in [0.4, 0.5) is 0 Å². The Morgan fingerprint density at radius 2 is 2.24 bits per heavy atom. The summed E-state index contributed by atoms with van der Waals surface area (Å²) in [6.07, 6.45) is 9.30. The lowest BCUT2D eigenvalue weighted by Crippen LogP contribution is -2.24. The molecule has 0 aromatic rings. The summed E-state index contributed by atoms with van der Waals surface area (Å²) >= 11 is 0. The minimum absolute atomic E-state index is 0.0527. The number of esters is 1. The summed E-state index contributed by atoms with van der Waals surface area (Å²) in [5.41, 5.74) is 0.582. The van der Waals surface area contributed by atoms with Crippen molar-refractivity contribution in [3.63, 3.8) is 0 Å². The van der Waals surface area contributed by atoms with Crippen molar-refractivity contribution >= 4 is 5.97 Å². The summed E-state index contributed by atoms with van der Waals surface area (Å²) in [5, 5.41) is 0. The second-order valence-electron chi connectivity index (χ2n) is 6.55. The molecular formula is C15H26O2. The first-order valence-electron chi connectivity index (χ1n) is 7.13. The van der Waals surface area contributed by atoms with Crippen molar-refractivity contribution in [3.8, 4) is 0 Å². The third kappa shape index (κ3) is 2.66. The molecule has 2 aliphatic carbocycles. The van der Waals surface area contributed by atoms with E-state index in [1.165, 1.54) is 45.6 Å². The predicted octanol–water partition coefficient (Wildman–Crippen LogP) is 3.79. The molecular weight excluding hydrogens is 212 g/mol. The molecule has 0 amide bonds. The van der Waals surface area contributed by atoms with Crippen LogP contribution in [0.5, 0.6) is 0 Å². The minimum atomic E-state index is -0.0527. The maximum atomic E-state index is 11.3. The van der Waals surface area contributed by atoms with Crippen LogP contribution in [0.2, 0.25) is 0 Å². The van der Waals surface area contributed by atoms with Crippen LogP contribution in [-0.4, -0.2) is 13.1 Å². The molecule has 0 radical (unpaired) electrons. The van der Waals surface area contributed by atoms with Crippen LogP contribution in [-0.2, 0) is 9.53 Å². The van der Waals surface area contributed by atoms with Crippen LogP contribution < -0.4 is 0 Å². The van der Waals surface area contributed by atoms with Crippen LogP contribution in [0.3, 0.4) is 0 Å². The van der Waals surface area contributed by atoms with Crippen molar-refractivity contribution in [1.82, 2.24) is 0 Å². The summed E-state index contributed by atoms with van der Waals surface area (Å²) in [5.74, 6) is 2.01. The molecule has 0 heterocycles. The van der Waals surface area contributed by atoms with E-state index in [-0.39, 0.29) is 11.9 Å². The summed E-state index contributed by atoms with van der Waals surface area (Å²) in [6, 6.07) is 0. The quantitative estimate of drug-likeness (QED) is 0.681. The number of fused-ring (bicyclic) bond motifs is 2. The highest BCUT2D eigenvalue weighted by atomic mass is 16.5. The van der Waals surface area contributed by atoms with Crippen LogP contribution >= 0.6 is 0 Å². The van der Waals surface area contributed by atoms with E-state index in [4.69, 9.17) is 4.74 Å². The average molecular weight is 238 g/mol. The van der Waals surface area contributed by atoms with Gasteiger partial charge in [0.15, 0.2) is 0 Å². The van der Waals surface area contributed by atoms with E-state index in [2.05, 4.69) is 6.92 Å². The molecule has 2 fully saturated rings. The van der Waals surface area contributed by atoms with Gasteiger partial charge >= 0.3 is 5.97 Å². The molecule has 4 unspecified atom stereocenters. The van der Waals surface area contributed by atoms with Crippen molar-refractivity contribution in [2.75, 3.05) is 7.11 Å². The van der Waals surface area contributed by atoms with E-state index in [1.807, 2.05) is 6.92 Å². The second kappa shape index (κ2) is 4.99. The van der Waals surface area contributed by atoms with Crippen molar-refractivity contribution in [2.24, 2.45) is 23.2 Å². The monoisotopic (exact) mass is 238 g/mol. The Balaban J connectivity index is 1.74. The number of carbonyl (C=O) groups is 1. The molecule has 2 bridgehead atoms. The molecule has 0 aromatic carbocycles. The minimum Gasteiger partial charge on any atom is -0.469 e. The van der Waals surface area contributed by atoms with Crippen LogP contribution in [0.1, 0.15) is 58.8 Å². The summed E-state index contributed by atoms with van der Waals surface area (Å²) in [7, 11) is 1.48. The Bertz CT molecular complexity index is 287. The molecule has 0 spiro atoms. The second-order valence-corrected chi connectivity index (χ2v) is 6.55. The summed E-state index contributed by atoms with van der Waals surface area (Å²) < 4.78 is 4.77. The first-order valence-corrected chi connectivity index (χ1v) is 7.13. The van der Waals surface area contributed by atoms with Crippen molar-refractivity contribution in [3.05, 3.63) is 0 Å². The molecule has 2 rings (SSSR count). The molecule has 4 atom stereocenters. The first-order chi connectivity index (χ1) is 8.05. The Morgan fingerprint density at radius 1 is 1.47 bits per heavy atom. The Morgan fingerprint density at radius 3 is 2.76 bits per heavy atom. The van der Waals surface area contributed by atoms with E-state index in [1.54, 1.807) is 0 Å². The molecule has 98 valence electrons. The van der Waals surface area contributed by atoms with Gasteiger partial charge in [0.2, 0.25) is 0 Å². The molecule has 0 N–H and O–H groups in total. The maximum Gasteiger partial charge on any atom is 0.308 e. The zero-order chi connectivity index (χ0) is 12.5.